The number of aryl methyl sites for hydroxylation is 1. The maximum atomic E-state index is 13.1. The van der Waals surface area contributed by atoms with E-state index < -0.39 is 5.97 Å². The van der Waals surface area contributed by atoms with Gasteiger partial charge in [-0.05, 0) is 62.4 Å². The molecule has 3 aromatic carbocycles. The quantitative estimate of drug-likeness (QED) is 0.243. The Hall–Kier alpha value is -4.59. The molecular weight excluding hydrogens is 462 g/mol. The molecule has 0 aliphatic rings. The number of ketones is 1. The zero-order chi connectivity index (χ0) is 25.5. The lowest BCUT2D eigenvalue weighted by molar-refractivity contribution is -0.145. The zero-order valence-electron chi connectivity index (χ0n) is 19.9. The molecule has 0 amide bonds. The molecule has 0 saturated heterocycles. The van der Waals surface area contributed by atoms with E-state index in [0.717, 1.165) is 5.56 Å². The van der Waals surface area contributed by atoms with Crippen LogP contribution in [0.15, 0.2) is 77.2 Å². The van der Waals surface area contributed by atoms with Crippen molar-refractivity contribution in [1.82, 2.24) is 4.98 Å². The molecule has 0 radical (unpaired) electrons. The van der Waals surface area contributed by atoms with E-state index in [1.165, 1.54) is 18.2 Å². The summed E-state index contributed by atoms with van der Waals surface area (Å²) >= 11 is 0. The SMILES string of the molecule is CCOC(=O)COc1cc(O)ccc1C(=O)c1ccc(OCc2nc(-c3ccccc3)oc2C)cc1. The van der Waals surface area contributed by atoms with Gasteiger partial charge in [-0.1, -0.05) is 18.2 Å². The summed E-state index contributed by atoms with van der Waals surface area (Å²) in [5.74, 6) is 0.849. The second-order valence-electron chi connectivity index (χ2n) is 7.80. The van der Waals surface area contributed by atoms with Crippen molar-refractivity contribution in [2.45, 2.75) is 20.5 Å². The van der Waals surface area contributed by atoms with Gasteiger partial charge >= 0.3 is 5.97 Å². The van der Waals surface area contributed by atoms with Crippen LogP contribution in [0.25, 0.3) is 11.5 Å². The van der Waals surface area contributed by atoms with Crippen LogP contribution in [-0.4, -0.2) is 35.1 Å². The number of carbonyl (C=O) groups is 2. The molecule has 0 bridgehead atoms. The van der Waals surface area contributed by atoms with Crippen molar-refractivity contribution in [2.75, 3.05) is 13.2 Å². The van der Waals surface area contributed by atoms with Crippen molar-refractivity contribution in [3.8, 4) is 28.7 Å². The summed E-state index contributed by atoms with van der Waals surface area (Å²) in [6.07, 6.45) is 0. The van der Waals surface area contributed by atoms with E-state index in [4.69, 9.17) is 18.6 Å². The Bertz CT molecular complexity index is 1340. The molecule has 0 spiro atoms. The van der Waals surface area contributed by atoms with Gasteiger partial charge in [0, 0.05) is 17.2 Å². The molecular formula is C28H25NO7. The van der Waals surface area contributed by atoms with Crippen molar-refractivity contribution < 1.29 is 33.3 Å². The number of oxazole rings is 1. The number of rotatable bonds is 10. The number of esters is 1. The van der Waals surface area contributed by atoms with Crippen molar-refractivity contribution in [2.24, 2.45) is 0 Å². The number of phenols is 1. The lowest BCUT2D eigenvalue weighted by Gasteiger charge is -2.11. The summed E-state index contributed by atoms with van der Waals surface area (Å²) in [5, 5.41) is 9.80. The van der Waals surface area contributed by atoms with Crippen LogP contribution in [0.1, 0.15) is 34.3 Å². The second-order valence-corrected chi connectivity index (χ2v) is 7.80. The van der Waals surface area contributed by atoms with Crippen LogP contribution >= 0.6 is 0 Å². The summed E-state index contributed by atoms with van der Waals surface area (Å²) in [6, 6.07) is 20.3. The van der Waals surface area contributed by atoms with Gasteiger partial charge in [0.15, 0.2) is 12.4 Å². The first kappa shape index (κ1) is 24.5. The van der Waals surface area contributed by atoms with E-state index in [-0.39, 0.29) is 42.7 Å². The fourth-order valence-corrected chi connectivity index (χ4v) is 3.43. The molecule has 0 aliphatic heterocycles. The Kier molecular flexibility index (Phi) is 7.65. The Morgan fingerprint density at radius 1 is 0.972 bits per heavy atom. The Labute approximate surface area is 208 Å². The van der Waals surface area contributed by atoms with E-state index in [1.807, 2.05) is 37.3 Å². The lowest BCUT2D eigenvalue weighted by atomic mass is 10.0. The summed E-state index contributed by atoms with van der Waals surface area (Å²) in [5.41, 5.74) is 2.16. The topological polar surface area (TPSA) is 108 Å². The minimum Gasteiger partial charge on any atom is -0.508 e. The molecule has 1 N–H and O–H groups in total. The van der Waals surface area contributed by atoms with Crippen LogP contribution in [-0.2, 0) is 16.1 Å². The van der Waals surface area contributed by atoms with E-state index >= 15 is 0 Å². The Morgan fingerprint density at radius 2 is 1.72 bits per heavy atom. The minimum absolute atomic E-state index is 0.0871. The number of hydrogen-bond acceptors (Lipinski definition) is 8. The number of phenolic OH excluding ortho intramolecular Hbond substituents is 1. The average Bonchev–Trinajstić information content (AvgIpc) is 3.27. The van der Waals surface area contributed by atoms with E-state index in [2.05, 4.69) is 4.98 Å². The van der Waals surface area contributed by atoms with Crippen molar-refractivity contribution in [3.63, 3.8) is 0 Å². The zero-order valence-corrected chi connectivity index (χ0v) is 19.9. The molecule has 0 atom stereocenters. The van der Waals surface area contributed by atoms with Crippen LogP contribution in [0.5, 0.6) is 17.2 Å². The smallest absolute Gasteiger partial charge is 0.344 e. The molecule has 0 unspecified atom stereocenters. The monoisotopic (exact) mass is 487 g/mol. The first-order chi connectivity index (χ1) is 17.4. The predicted molar refractivity (Wildman–Crippen MR) is 131 cm³/mol. The molecule has 0 fully saturated rings. The molecule has 0 aliphatic carbocycles. The van der Waals surface area contributed by atoms with Crippen LogP contribution in [0.4, 0.5) is 0 Å². The summed E-state index contributed by atoms with van der Waals surface area (Å²) in [4.78, 5) is 29.2. The Balaban J connectivity index is 1.43. The van der Waals surface area contributed by atoms with Gasteiger partial charge in [-0.2, -0.15) is 0 Å². The highest BCUT2D eigenvalue weighted by Gasteiger charge is 2.17. The van der Waals surface area contributed by atoms with Crippen molar-refractivity contribution >= 4 is 11.8 Å². The van der Waals surface area contributed by atoms with Gasteiger partial charge in [-0.3, -0.25) is 4.79 Å². The molecule has 184 valence electrons. The number of hydrogen-bond donors (Lipinski definition) is 1. The summed E-state index contributed by atoms with van der Waals surface area (Å²) < 4.78 is 21.9. The fourth-order valence-electron chi connectivity index (χ4n) is 3.43. The van der Waals surface area contributed by atoms with E-state index in [1.54, 1.807) is 31.2 Å². The fraction of sp³-hybridized carbons (Fsp3) is 0.179. The van der Waals surface area contributed by atoms with Crippen molar-refractivity contribution in [1.29, 1.82) is 0 Å². The second kappa shape index (κ2) is 11.2. The number of nitrogens with zero attached hydrogens (tertiary/aromatic N) is 1. The lowest BCUT2D eigenvalue weighted by Crippen LogP contribution is -2.16. The molecule has 8 nitrogen and oxygen atoms in total. The standard InChI is InChI=1S/C28H25NO7/c1-3-33-26(31)17-35-25-15-21(30)11-14-23(25)27(32)19-9-12-22(13-10-19)34-16-24-18(2)36-28(29-24)20-7-5-4-6-8-20/h4-15,30H,3,16-17H2,1-2H3. The van der Waals surface area contributed by atoms with Crippen LogP contribution in [0, 0.1) is 6.92 Å². The largest absolute Gasteiger partial charge is 0.508 e. The van der Waals surface area contributed by atoms with E-state index in [9.17, 15) is 14.7 Å². The highest BCUT2D eigenvalue weighted by Crippen LogP contribution is 2.28. The third-order valence-electron chi connectivity index (χ3n) is 5.27. The maximum Gasteiger partial charge on any atom is 0.344 e. The molecule has 0 saturated carbocycles. The van der Waals surface area contributed by atoms with Gasteiger partial charge in [0.05, 0.1) is 12.2 Å². The molecule has 1 aromatic heterocycles. The number of aromatic nitrogens is 1. The summed E-state index contributed by atoms with van der Waals surface area (Å²) in [7, 11) is 0. The number of benzene rings is 3. The Morgan fingerprint density at radius 3 is 2.44 bits per heavy atom. The highest BCUT2D eigenvalue weighted by molar-refractivity contribution is 6.10. The third kappa shape index (κ3) is 5.90. The van der Waals surface area contributed by atoms with Crippen LogP contribution < -0.4 is 9.47 Å². The normalized spacial score (nSPS) is 10.6. The number of carbonyl (C=O) groups excluding carboxylic acids is 2. The first-order valence-electron chi connectivity index (χ1n) is 11.4. The van der Waals surface area contributed by atoms with Crippen LogP contribution in [0.3, 0.4) is 0 Å². The van der Waals surface area contributed by atoms with Gasteiger partial charge in [0.1, 0.15) is 35.3 Å². The molecule has 8 heteroatoms. The molecule has 4 aromatic rings. The predicted octanol–water partition coefficient (Wildman–Crippen LogP) is 5.11. The average molecular weight is 488 g/mol. The molecule has 4 rings (SSSR count). The van der Waals surface area contributed by atoms with Crippen molar-refractivity contribution in [3.05, 3.63) is 95.4 Å². The summed E-state index contributed by atoms with van der Waals surface area (Å²) in [6.45, 7) is 3.56. The van der Waals surface area contributed by atoms with Gasteiger partial charge in [0.25, 0.3) is 0 Å². The molecule has 36 heavy (non-hydrogen) atoms. The van der Waals surface area contributed by atoms with Gasteiger partial charge in [0.2, 0.25) is 5.89 Å². The van der Waals surface area contributed by atoms with E-state index in [0.29, 0.717) is 28.7 Å². The molecule has 1 heterocycles. The third-order valence-corrected chi connectivity index (χ3v) is 5.27. The van der Waals surface area contributed by atoms with Gasteiger partial charge < -0.3 is 23.7 Å². The maximum absolute atomic E-state index is 13.1. The van der Waals surface area contributed by atoms with Crippen LogP contribution in [0.2, 0.25) is 0 Å². The highest BCUT2D eigenvalue weighted by atomic mass is 16.6. The first-order valence-corrected chi connectivity index (χ1v) is 11.4. The van der Waals surface area contributed by atoms with Gasteiger partial charge in [-0.25, -0.2) is 9.78 Å². The number of aromatic hydroxyl groups is 1. The van der Waals surface area contributed by atoms with Gasteiger partial charge in [-0.15, -0.1) is 0 Å². The minimum atomic E-state index is -0.570. The number of ether oxygens (including phenoxy) is 3.